The van der Waals surface area contributed by atoms with Crippen LogP contribution in [-0.2, 0) is 14.4 Å². The number of nitrogens with zero attached hydrogens (tertiary/aromatic N) is 1. The fourth-order valence-electron chi connectivity index (χ4n) is 2.71. The highest BCUT2D eigenvalue weighted by Crippen LogP contribution is 2.19. The van der Waals surface area contributed by atoms with Crippen LogP contribution in [0.25, 0.3) is 0 Å². The second-order valence-electron chi connectivity index (χ2n) is 7.55. The molecule has 1 aliphatic rings. The first-order valence-electron chi connectivity index (χ1n) is 10.6. The molecule has 0 aliphatic carbocycles. The lowest BCUT2D eigenvalue weighted by Crippen LogP contribution is -2.47. The van der Waals surface area contributed by atoms with E-state index in [2.05, 4.69) is 32.7 Å². The van der Waals surface area contributed by atoms with E-state index in [0.29, 0.717) is 19.4 Å². The lowest BCUT2D eigenvalue weighted by atomic mass is 10.1. The Hall–Kier alpha value is -1.65. The van der Waals surface area contributed by atoms with Gasteiger partial charge in [-0.05, 0) is 38.0 Å². The van der Waals surface area contributed by atoms with Gasteiger partial charge in [0.05, 0.1) is 0 Å². The maximum Gasteiger partial charge on any atom is 0.249 e. The maximum absolute atomic E-state index is 12.2. The highest BCUT2D eigenvalue weighted by molar-refractivity contribution is 5.99. The molecular weight excluding hydrogens is 340 g/mol. The number of amides is 3. The van der Waals surface area contributed by atoms with E-state index in [4.69, 9.17) is 0 Å². The molecule has 0 saturated carbocycles. The Morgan fingerprint density at radius 2 is 1.78 bits per heavy atom. The maximum atomic E-state index is 12.2. The van der Waals surface area contributed by atoms with Crippen molar-refractivity contribution in [3.8, 4) is 0 Å². The van der Waals surface area contributed by atoms with Crippen LogP contribution in [0.1, 0.15) is 91.9 Å². The van der Waals surface area contributed by atoms with Crippen LogP contribution >= 0.6 is 0 Å². The van der Waals surface area contributed by atoms with Crippen LogP contribution in [-0.4, -0.2) is 35.2 Å². The summed E-state index contributed by atoms with van der Waals surface area (Å²) in [7, 11) is 0. The highest BCUT2D eigenvalue weighted by atomic mass is 16.2. The van der Waals surface area contributed by atoms with Gasteiger partial charge in [-0.3, -0.25) is 19.7 Å². The number of likely N-dealkylation sites (tertiary alicyclic amines) is 1. The molecular formula is C22H40N2O3. The van der Waals surface area contributed by atoms with Crippen LogP contribution < -0.4 is 5.32 Å². The van der Waals surface area contributed by atoms with Gasteiger partial charge >= 0.3 is 0 Å². The Labute approximate surface area is 166 Å². The molecule has 0 spiro atoms. The van der Waals surface area contributed by atoms with Gasteiger partial charge in [-0.25, -0.2) is 0 Å². The number of rotatable bonds is 10. The van der Waals surface area contributed by atoms with Gasteiger partial charge < -0.3 is 4.90 Å². The third kappa shape index (κ3) is 11.6. The summed E-state index contributed by atoms with van der Waals surface area (Å²) in [5, 5.41) is 2.37. The van der Waals surface area contributed by atoms with Crippen molar-refractivity contribution in [1.82, 2.24) is 10.2 Å². The summed E-state index contributed by atoms with van der Waals surface area (Å²) in [4.78, 5) is 37.2. The largest absolute Gasteiger partial charge is 0.331 e. The van der Waals surface area contributed by atoms with Gasteiger partial charge in [0.2, 0.25) is 17.7 Å². The lowest BCUT2D eigenvalue weighted by molar-refractivity contribution is -0.140. The van der Waals surface area contributed by atoms with Gasteiger partial charge in [0.1, 0.15) is 6.04 Å². The summed E-state index contributed by atoms with van der Waals surface area (Å²) in [5.41, 5.74) is 0. The van der Waals surface area contributed by atoms with Gasteiger partial charge in [0, 0.05) is 19.4 Å². The molecule has 1 rings (SSSR count). The molecule has 1 N–H and O–H groups in total. The van der Waals surface area contributed by atoms with E-state index in [9.17, 15) is 14.4 Å². The van der Waals surface area contributed by atoms with Crippen LogP contribution in [0.3, 0.4) is 0 Å². The Morgan fingerprint density at radius 3 is 2.33 bits per heavy atom. The molecule has 1 fully saturated rings. The van der Waals surface area contributed by atoms with E-state index in [1.807, 2.05) is 6.08 Å². The minimum atomic E-state index is -0.469. The van der Waals surface area contributed by atoms with Crippen molar-refractivity contribution in [1.29, 1.82) is 0 Å². The molecule has 156 valence electrons. The van der Waals surface area contributed by atoms with Gasteiger partial charge in [0.25, 0.3) is 0 Å². The molecule has 0 aromatic heterocycles. The minimum Gasteiger partial charge on any atom is -0.331 e. The Morgan fingerprint density at radius 1 is 1.15 bits per heavy atom. The number of imide groups is 1. The van der Waals surface area contributed by atoms with Gasteiger partial charge in [0.15, 0.2) is 0 Å². The Bertz CT molecular complexity index is 460. The van der Waals surface area contributed by atoms with E-state index in [1.165, 1.54) is 6.42 Å². The summed E-state index contributed by atoms with van der Waals surface area (Å²) in [6.07, 6.45) is 10.6. The highest BCUT2D eigenvalue weighted by Gasteiger charge is 2.34. The van der Waals surface area contributed by atoms with Crippen LogP contribution in [0, 0.1) is 5.92 Å². The smallest absolute Gasteiger partial charge is 0.249 e. The average molecular weight is 381 g/mol. The number of carbonyl (C=O) groups excluding carboxylic acids is 3. The normalized spacial score (nSPS) is 15.9. The topological polar surface area (TPSA) is 66.5 Å². The van der Waals surface area contributed by atoms with Crippen molar-refractivity contribution >= 4 is 17.7 Å². The summed E-state index contributed by atoms with van der Waals surface area (Å²) < 4.78 is 0. The van der Waals surface area contributed by atoms with Crippen LogP contribution in [0.4, 0.5) is 0 Å². The first-order chi connectivity index (χ1) is 12.9. The molecule has 5 nitrogen and oxygen atoms in total. The molecule has 3 amide bonds. The van der Waals surface area contributed by atoms with Crippen molar-refractivity contribution in [2.24, 2.45) is 5.92 Å². The molecule has 1 saturated heterocycles. The molecule has 0 aromatic carbocycles. The summed E-state index contributed by atoms with van der Waals surface area (Å²) >= 11 is 0. The third-order valence-corrected chi connectivity index (χ3v) is 4.82. The van der Waals surface area contributed by atoms with Crippen molar-refractivity contribution in [3.05, 3.63) is 12.7 Å². The van der Waals surface area contributed by atoms with Gasteiger partial charge in [-0.15, -0.1) is 6.58 Å². The second-order valence-corrected chi connectivity index (χ2v) is 7.55. The third-order valence-electron chi connectivity index (χ3n) is 4.82. The monoisotopic (exact) mass is 380 g/mol. The van der Waals surface area contributed by atoms with E-state index in [0.717, 1.165) is 44.4 Å². The zero-order valence-electron chi connectivity index (χ0n) is 17.9. The Balaban J connectivity index is 0.00000119. The predicted octanol–water partition coefficient (Wildman–Crippen LogP) is 4.61. The molecule has 5 heteroatoms. The number of allylic oxidation sites excluding steroid dienone is 1. The number of hydrogen-bond donors (Lipinski definition) is 1. The molecule has 0 radical (unpaired) electrons. The Kier molecular flexibility index (Phi) is 14.5. The molecule has 0 bridgehead atoms. The number of unbranched alkanes of at least 4 members (excludes halogenated alkanes) is 4. The van der Waals surface area contributed by atoms with E-state index >= 15 is 0 Å². The van der Waals surface area contributed by atoms with Gasteiger partial charge in [-0.1, -0.05) is 53.0 Å². The fraction of sp³-hybridized carbons (Fsp3) is 0.773. The zero-order valence-corrected chi connectivity index (χ0v) is 17.9. The summed E-state index contributed by atoms with van der Waals surface area (Å²) in [5.74, 6) is 0.301. The first kappa shape index (κ1) is 25.4. The first-order valence-corrected chi connectivity index (χ1v) is 10.6. The number of hydrogen-bond acceptors (Lipinski definition) is 3. The van der Waals surface area contributed by atoms with Crippen LogP contribution in [0.15, 0.2) is 12.7 Å². The lowest BCUT2D eigenvalue weighted by Gasteiger charge is -2.23. The quantitative estimate of drug-likeness (QED) is 0.444. The molecule has 1 unspecified atom stereocenters. The van der Waals surface area contributed by atoms with Crippen LogP contribution in [0.2, 0.25) is 0 Å². The van der Waals surface area contributed by atoms with E-state index in [-0.39, 0.29) is 24.1 Å². The zero-order chi connectivity index (χ0) is 20.7. The van der Waals surface area contributed by atoms with Crippen LogP contribution in [0.5, 0.6) is 0 Å². The molecule has 1 atom stereocenters. The molecule has 0 aromatic rings. The van der Waals surface area contributed by atoms with Crippen molar-refractivity contribution < 1.29 is 14.4 Å². The van der Waals surface area contributed by atoms with Crippen molar-refractivity contribution in [2.75, 3.05) is 6.54 Å². The number of carbonyl (C=O) groups is 3. The predicted molar refractivity (Wildman–Crippen MR) is 111 cm³/mol. The SMILES string of the molecule is C=CCCCCCCC(=O)N1CCCC1C(=O)NC(=O)CC.CCC(C)C. The molecule has 1 heterocycles. The minimum absolute atomic E-state index is 0.0327. The van der Waals surface area contributed by atoms with E-state index in [1.54, 1.807) is 11.8 Å². The molecule has 1 aliphatic heterocycles. The molecule has 27 heavy (non-hydrogen) atoms. The van der Waals surface area contributed by atoms with Crippen molar-refractivity contribution in [3.63, 3.8) is 0 Å². The van der Waals surface area contributed by atoms with Gasteiger partial charge in [-0.2, -0.15) is 0 Å². The summed E-state index contributed by atoms with van der Waals surface area (Å²) in [6, 6.07) is -0.469. The van der Waals surface area contributed by atoms with E-state index < -0.39 is 6.04 Å². The average Bonchev–Trinajstić information content (AvgIpc) is 3.14. The number of nitrogens with one attached hydrogen (secondary N) is 1. The fourth-order valence-corrected chi connectivity index (χ4v) is 2.71. The second kappa shape index (κ2) is 15.4. The summed E-state index contributed by atoms with van der Waals surface area (Å²) in [6.45, 7) is 12.7. The van der Waals surface area contributed by atoms with Crippen molar-refractivity contribution in [2.45, 2.75) is 97.9 Å². The standard InChI is InChI=1S/C17H28N2O3.C5H12/c1-3-5-6-7-8-9-12-16(21)19-13-10-11-14(19)17(22)18-15(20)4-2;1-4-5(2)3/h3,14H,1,4-13H2,2H3,(H,18,20,22);5H,4H2,1-3H3.